The van der Waals surface area contributed by atoms with Gasteiger partial charge in [-0.3, -0.25) is 9.59 Å². The average molecular weight is 431 g/mol. The molecule has 1 aromatic rings. The van der Waals surface area contributed by atoms with E-state index in [1.165, 1.54) is 0 Å². The second-order valence-electron chi connectivity index (χ2n) is 10.1. The molecule has 31 heavy (non-hydrogen) atoms. The molecule has 0 unspecified atom stereocenters. The summed E-state index contributed by atoms with van der Waals surface area (Å²) in [6, 6.07) is 8.34. The van der Waals surface area contributed by atoms with Crippen molar-refractivity contribution < 1.29 is 9.59 Å². The fourth-order valence-corrected chi connectivity index (χ4v) is 4.55. The largest absolute Gasteiger partial charge is 0.369 e. The minimum atomic E-state index is -0.00858. The molecule has 1 saturated heterocycles. The number of likely N-dealkylation sites (tertiary alicyclic amines) is 1. The van der Waals surface area contributed by atoms with E-state index < -0.39 is 0 Å². The van der Waals surface area contributed by atoms with Gasteiger partial charge in [0.2, 0.25) is 5.91 Å². The molecule has 1 aliphatic heterocycles. The van der Waals surface area contributed by atoms with Gasteiger partial charge in [-0.2, -0.15) is 0 Å². The van der Waals surface area contributed by atoms with Crippen molar-refractivity contribution in [1.29, 1.82) is 0 Å². The van der Waals surface area contributed by atoms with Gasteiger partial charge in [0, 0.05) is 55.9 Å². The zero-order valence-corrected chi connectivity index (χ0v) is 20.6. The zero-order chi connectivity index (χ0) is 23.2. The summed E-state index contributed by atoms with van der Waals surface area (Å²) in [7, 11) is 4.10. The molecule has 174 valence electrons. The number of nitrogens with zero attached hydrogens (tertiary/aromatic N) is 3. The third-order valence-electron chi connectivity index (χ3n) is 6.05. The number of hydrogen-bond acceptors (Lipinski definition) is 4. The molecule has 1 aromatic carbocycles. The molecule has 1 fully saturated rings. The number of rotatable bonds is 9. The first-order chi connectivity index (χ1) is 14.5. The lowest BCUT2D eigenvalue weighted by Gasteiger charge is -2.33. The van der Waals surface area contributed by atoms with Crippen molar-refractivity contribution in [2.45, 2.75) is 53.5 Å². The predicted molar refractivity (Wildman–Crippen MR) is 129 cm³/mol. The van der Waals surface area contributed by atoms with Crippen molar-refractivity contribution >= 4 is 17.5 Å². The first-order valence-corrected chi connectivity index (χ1v) is 11.6. The molecule has 6 nitrogen and oxygen atoms in total. The number of benzene rings is 1. The Hall–Kier alpha value is -2.08. The molecular weight excluding hydrogens is 388 g/mol. The highest BCUT2D eigenvalue weighted by molar-refractivity contribution is 5.94. The van der Waals surface area contributed by atoms with Crippen LogP contribution in [0.25, 0.3) is 0 Å². The fraction of sp³-hybridized carbons (Fsp3) is 0.680. The summed E-state index contributed by atoms with van der Waals surface area (Å²) in [5, 5.41) is 3.13. The van der Waals surface area contributed by atoms with Crippen LogP contribution in [0.2, 0.25) is 0 Å². The molecule has 0 saturated carbocycles. The fourth-order valence-electron chi connectivity index (χ4n) is 4.55. The van der Waals surface area contributed by atoms with E-state index in [0.29, 0.717) is 25.7 Å². The van der Waals surface area contributed by atoms with Crippen LogP contribution >= 0.6 is 0 Å². The summed E-state index contributed by atoms with van der Waals surface area (Å²) in [6.45, 7) is 14.6. The van der Waals surface area contributed by atoms with Crippen LogP contribution in [0.15, 0.2) is 24.3 Å². The van der Waals surface area contributed by atoms with E-state index in [1.807, 2.05) is 43.3 Å². The van der Waals surface area contributed by atoms with Crippen molar-refractivity contribution in [2.24, 2.45) is 11.3 Å². The number of carbonyl (C=O) groups is 2. The summed E-state index contributed by atoms with van der Waals surface area (Å²) >= 11 is 0. The molecule has 0 bridgehead atoms. The quantitative estimate of drug-likeness (QED) is 0.652. The van der Waals surface area contributed by atoms with Crippen LogP contribution < -0.4 is 10.2 Å². The van der Waals surface area contributed by atoms with Crippen LogP contribution in [0.4, 0.5) is 5.69 Å². The summed E-state index contributed by atoms with van der Waals surface area (Å²) in [6.07, 6.45) is 1.45. The van der Waals surface area contributed by atoms with Crippen LogP contribution in [0, 0.1) is 11.3 Å². The molecule has 0 spiro atoms. The zero-order valence-electron chi connectivity index (χ0n) is 20.6. The summed E-state index contributed by atoms with van der Waals surface area (Å²) in [5.41, 5.74) is 1.89. The lowest BCUT2D eigenvalue weighted by atomic mass is 9.91. The number of amides is 2. The Kier molecular flexibility index (Phi) is 8.92. The topological polar surface area (TPSA) is 55.9 Å². The van der Waals surface area contributed by atoms with E-state index >= 15 is 0 Å². The molecule has 2 amide bonds. The molecule has 1 aliphatic rings. The standard InChI is InChI=1S/C25H42N4O2/c1-8-29(19(2)3)22-11-9-21(10-12-22)24(31)28-15-13-20(14-16-28)23(30)26-17-25(4,5)18-27(6)7/h9-12,19-20H,8,13-18H2,1-7H3,(H,26,30). The van der Waals surface area contributed by atoms with E-state index in [2.05, 4.69) is 49.7 Å². The third-order valence-corrected chi connectivity index (χ3v) is 6.05. The van der Waals surface area contributed by atoms with E-state index in [-0.39, 0.29) is 23.1 Å². The number of nitrogens with one attached hydrogen (secondary N) is 1. The van der Waals surface area contributed by atoms with Gasteiger partial charge < -0.3 is 20.0 Å². The number of piperidine rings is 1. The minimum absolute atomic E-state index is 0.00858. The van der Waals surface area contributed by atoms with Gasteiger partial charge in [-0.1, -0.05) is 13.8 Å². The van der Waals surface area contributed by atoms with E-state index in [0.717, 1.165) is 37.2 Å². The van der Waals surface area contributed by atoms with Gasteiger partial charge in [0.15, 0.2) is 0 Å². The number of anilines is 1. The Morgan fingerprint density at radius 3 is 2.19 bits per heavy atom. The van der Waals surface area contributed by atoms with Crippen LogP contribution in [0.1, 0.15) is 57.8 Å². The van der Waals surface area contributed by atoms with E-state index in [9.17, 15) is 9.59 Å². The van der Waals surface area contributed by atoms with Crippen LogP contribution in [-0.2, 0) is 4.79 Å². The van der Waals surface area contributed by atoms with Crippen LogP contribution in [0.3, 0.4) is 0 Å². The summed E-state index contributed by atoms with van der Waals surface area (Å²) in [5.74, 6) is 0.174. The maximum atomic E-state index is 12.9. The Morgan fingerprint density at radius 1 is 1.13 bits per heavy atom. The Morgan fingerprint density at radius 2 is 1.71 bits per heavy atom. The van der Waals surface area contributed by atoms with Crippen molar-refractivity contribution in [3.05, 3.63) is 29.8 Å². The Balaban J connectivity index is 1.86. The number of hydrogen-bond donors (Lipinski definition) is 1. The van der Waals surface area contributed by atoms with Gasteiger partial charge in [0.25, 0.3) is 5.91 Å². The van der Waals surface area contributed by atoms with Crippen molar-refractivity contribution in [1.82, 2.24) is 15.1 Å². The van der Waals surface area contributed by atoms with E-state index in [4.69, 9.17) is 0 Å². The normalized spacial score (nSPS) is 15.5. The average Bonchev–Trinajstić information content (AvgIpc) is 2.71. The van der Waals surface area contributed by atoms with Crippen molar-refractivity contribution in [3.8, 4) is 0 Å². The van der Waals surface area contributed by atoms with Gasteiger partial charge in [0.05, 0.1) is 0 Å². The predicted octanol–water partition coefficient (Wildman–Crippen LogP) is 3.48. The van der Waals surface area contributed by atoms with Crippen molar-refractivity contribution in [3.63, 3.8) is 0 Å². The summed E-state index contributed by atoms with van der Waals surface area (Å²) in [4.78, 5) is 31.9. The maximum Gasteiger partial charge on any atom is 0.253 e. The first kappa shape index (κ1) is 25.2. The lowest BCUT2D eigenvalue weighted by molar-refractivity contribution is -0.126. The van der Waals surface area contributed by atoms with Gasteiger partial charge >= 0.3 is 0 Å². The molecule has 6 heteroatoms. The highest BCUT2D eigenvalue weighted by atomic mass is 16.2. The van der Waals surface area contributed by atoms with Crippen LogP contribution in [-0.4, -0.2) is 74.5 Å². The van der Waals surface area contributed by atoms with Crippen LogP contribution in [0.5, 0.6) is 0 Å². The number of carbonyl (C=O) groups excluding carboxylic acids is 2. The first-order valence-electron chi connectivity index (χ1n) is 11.6. The van der Waals surface area contributed by atoms with Gasteiger partial charge in [-0.15, -0.1) is 0 Å². The molecule has 0 radical (unpaired) electrons. The maximum absolute atomic E-state index is 12.9. The van der Waals surface area contributed by atoms with Gasteiger partial charge in [0.1, 0.15) is 0 Å². The molecule has 2 rings (SSSR count). The molecule has 1 N–H and O–H groups in total. The van der Waals surface area contributed by atoms with Crippen molar-refractivity contribution in [2.75, 3.05) is 51.7 Å². The smallest absolute Gasteiger partial charge is 0.253 e. The molecule has 0 aromatic heterocycles. The SMILES string of the molecule is CCN(c1ccc(C(=O)N2CCC(C(=O)NCC(C)(C)CN(C)C)CC2)cc1)C(C)C. The second-order valence-corrected chi connectivity index (χ2v) is 10.1. The molecular formula is C25H42N4O2. The highest BCUT2D eigenvalue weighted by Crippen LogP contribution is 2.22. The van der Waals surface area contributed by atoms with Gasteiger partial charge in [-0.25, -0.2) is 0 Å². The molecule has 0 aliphatic carbocycles. The Labute approximate surface area is 189 Å². The lowest BCUT2D eigenvalue weighted by Crippen LogP contribution is -2.46. The van der Waals surface area contributed by atoms with Gasteiger partial charge in [-0.05, 0) is 77.4 Å². The Bertz CT molecular complexity index is 720. The summed E-state index contributed by atoms with van der Waals surface area (Å²) < 4.78 is 0. The highest BCUT2D eigenvalue weighted by Gasteiger charge is 2.29. The minimum Gasteiger partial charge on any atom is -0.369 e. The molecule has 1 heterocycles. The monoisotopic (exact) mass is 430 g/mol. The van der Waals surface area contributed by atoms with E-state index in [1.54, 1.807) is 0 Å². The second kappa shape index (κ2) is 11.0. The third kappa shape index (κ3) is 7.23. The molecule has 0 atom stereocenters.